The van der Waals surface area contributed by atoms with Crippen molar-refractivity contribution in [1.29, 1.82) is 0 Å². The summed E-state index contributed by atoms with van der Waals surface area (Å²) in [4.78, 5) is 12.6. The van der Waals surface area contributed by atoms with Gasteiger partial charge in [0.15, 0.2) is 0 Å². The highest BCUT2D eigenvalue weighted by molar-refractivity contribution is 5.79. The molecule has 3 aromatic rings. The third-order valence-electron chi connectivity index (χ3n) is 4.31. The van der Waals surface area contributed by atoms with Gasteiger partial charge in [-0.15, -0.1) is 0 Å². The molecule has 1 heterocycles. The van der Waals surface area contributed by atoms with Crippen LogP contribution in [0.25, 0.3) is 5.69 Å². The van der Waals surface area contributed by atoms with Gasteiger partial charge in [-0.05, 0) is 41.7 Å². The molecule has 1 aromatic heterocycles. The molecule has 4 nitrogen and oxygen atoms in total. The van der Waals surface area contributed by atoms with Crippen molar-refractivity contribution >= 4 is 5.91 Å². The lowest BCUT2D eigenvalue weighted by molar-refractivity contribution is -0.121. The van der Waals surface area contributed by atoms with Gasteiger partial charge in [0.2, 0.25) is 5.91 Å². The molecule has 0 saturated heterocycles. The Kier molecular flexibility index (Phi) is 5.84. The first-order valence-electron chi connectivity index (χ1n) is 9.05. The normalized spacial score (nSPS) is 12.1. The number of carbonyl (C=O) groups is 1. The number of carbonyl (C=O) groups excluding carboxylic acids is 1. The van der Waals surface area contributed by atoms with Crippen LogP contribution in [0.1, 0.15) is 37.4 Å². The fraction of sp³-hybridized carbons (Fsp3) is 0.273. The maximum absolute atomic E-state index is 12.6. The Labute approximate surface area is 154 Å². The molecule has 2 aromatic carbocycles. The standard InChI is InChI=1S/C22H25N3O/c1-17(2)15-21(19-7-4-3-5-8-19)24-22(26)16-18-9-11-20(12-10-18)25-14-6-13-23-25/h3-14,17,21H,15-16H2,1-2H3,(H,24,26). The van der Waals surface area contributed by atoms with Gasteiger partial charge >= 0.3 is 0 Å². The molecule has 1 N–H and O–H groups in total. The number of rotatable bonds is 7. The summed E-state index contributed by atoms with van der Waals surface area (Å²) in [6.45, 7) is 4.35. The van der Waals surface area contributed by atoms with Crippen LogP contribution in [0, 0.1) is 5.92 Å². The molecule has 0 aliphatic heterocycles. The predicted molar refractivity (Wildman–Crippen MR) is 104 cm³/mol. The Morgan fingerprint density at radius 2 is 1.77 bits per heavy atom. The van der Waals surface area contributed by atoms with E-state index in [0.717, 1.165) is 23.2 Å². The molecule has 0 saturated carbocycles. The van der Waals surface area contributed by atoms with Crippen molar-refractivity contribution in [3.8, 4) is 5.69 Å². The second-order valence-corrected chi connectivity index (χ2v) is 6.95. The second-order valence-electron chi connectivity index (χ2n) is 6.95. The van der Waals surface area contributed by atoms with E-state index in [0.29, 0.717) is 12.3 Å². The Morgan fingerprint density at radius 3 is 2.38 bits per heavy atom. The number of benzene rings is 2. The summed E-state index contributed by atoms with van der Waals surface area (Å²) in [6, 6.07) is 20.1. The zero-order valence-electron chi connectivity index (χ0n) is 15.3. The molecule has 1 atom stereocenters. The van der Waals surface area contributed by atoms with Crippen molar-refractivity contribution in [3.63, 3.8) is 0 Å². The van der Waals surface area contributed by atoms with Crippen LogP contribution in [0.15, 0.2) is 73.1 Å². The van der Waals surface area contributed by atoms with E-state index in [1.54, 1.807) is 10.9 Å². The van der Waals surface area contributed by atoms with Crippen LogP contribution < -0.4 is 5.32 Å². The van der Waals surface area contributed by atoms with Gasteiger partial charge in [-0.1, -0.05) is 56.3 Å². The summed E-state index contributed by atoms with van der Waals surface area (Å²) >= 11 is 0. The average molecular weight is 347 g/mol. The molecule has 1 unspecified atom stereocenters. The lowest BCUT2D eigenvalue weighted by Crippen LogP contribution is -2.30. The highest BCUT2D eigenvalue weighted by Gasteiger charge is 2.16. The minimum Gasteiger partial charge on any atom is -0.349 e. The van der Waals surface area contributed by atoms with E-state index in [1.807, 2.05) is 54.7 Å². The van der Waals surface area contributed by atoms with Crippen molar-refractivity contribution in [1.82, 2.24) is 15.1 Å². The van der Waals surface area contributed by atoms with E-state index in [2.05, 4.69) is 36.4 Å². The van der Waals surface area contributed by atoms with Crippen molar-refractivity contribution in [2.24, 2.45) is 5.92 Å². The van der Waals surface area contributed by atoms with Crippen LogP contribution in [0.3, 0.4) is 0 Å². The van der Waals surface area contributed by atoms with E-state index in [4.69, 9.17) is 0 Å². The molecule has 1 amide bonds. The van der Waals surface area contributed by atoms with Gasteiger partial charge in [0.25, 0.3) is 0 Å². The van der Waals surface area contributed by atoms with Crippen LogP contribution in [0.4, 0.5) is 0 Å². The van der Waals surface area contributed by atoms with Gasteiger partial charge in [-0.2, -0.15) is 5.10 Å². The molecule has 0 bridgehead atoms. The van der Waals surface area contributed by atoms with Crippen molar-refractivity contribution in [2.75, 3.05) is 0 Å². The maximum atomic E-state index is 12.6. The Morgan fingerprint density at radius 1 is 1.04 bits per heavy atom. The number of nitrogens with one attached hydrogen (secondary N) is 1. The first-order chi connectivity index (χ1) is 12.6. The molecule has 134 valence electrons. The molecule has 0 spiro atoms. The van der Waals surface area contributed by atoms with Crippen LogP contribution >= 0.6 is 0 Å². The van der Waals surface area contributed by atoms with Crippen LogP contribution in [0.5, 0.6) is 0 Å². The summed E-state index contributed by atoms with van der Waals surface area (Å²) in [6.07, 6.45) is 4.95. The minimum atomic E-state index is 0.0475. The first-order valence-corrected chi connectivity index (χ1v) is 9.05. The lowest BCUT2D eigenvalue weighted by atomic mass is 9.96. The van der Waals surface area contributed by atoms with Gasteiger partial charge in [-0.25, -0.2) is 4.68 Å². The highest BCUT2D eigenvalue weighted by Crippen LogP contribution is 2.21. The van der Waals surface area contributed by atoms with Gasteiger partial charge in [-0.3, -0.25) is 4.79 Å². The van der Waals surface area contributed by atoms with Crippen molar-refractivity contribution in [3.05, 3.63) is 84.2 Å². The molecular weight excluding hydrogens is 322 g/mol. The maximum Gasteiger partial charge on any atom is 0.224 e. The SMILES string of the molecule is CC(C)CC(NC(=O)Cc1ccc(-n2cccn2)cc1)c1ccccc1. The van der Waals surface area contributed by atoms with E-state index in [9.17, 15) is 4.79 Å². The topological polar surface area (TPSA) is 46.9 Å². The average Bonchev–Trinajstić information content (AvgIpc) is 3.17. The third-order valence-corrected chi connectivity index (χ3v) is 4.31. The predicted octanol–water partition coefficient (Wildman–Crippen LogP) is 4.32. The van der Waals surface area contributed by atoms with Crippen LogP contribution in [0.2, 0.25) is 0 Å². The number of amides is 1. The first kappa shape index (κ1) is 17.9. The molecule has 0 radical (unpaired) electrons. The van der Waals surface area contributed by atoms with Gasteiger partial charge < -0.3 is 5.32 Å². The van der Waals surface area contributed by atoms with Gasteiger partial charge in [0, 0.05) is 12.4 Å². The molecule has 0 aliphatic carbocycles. The monoisotopic (exact) mass is 347 g/mol. The minimum absolute atomic E-state index is 0.0475. The summed E-state index contributed by atoms with van der Waals surface area (Å²) in [5.41, 5.74) is 3.14. The summed E-state index contributed by atoms with van der Waals surface area (Å²) in [5, 5.41) is 7.41. The fourth-order valence-corrected chi connectivity index (χ4v) is 3.05. The fourth-order valence-electron chi connectivity index (χ4n) is 3.05. The zero-order chi connectivity index (χ0) is 18.4. The molecule has 0 fully saturated rings. The third kappa shape index (κ3) is 4.82. The Bertz CT molecular complexity index is 808. The number of aromatic nitrogens is 2. The number of hydrogen-bond donors (Lipinski definition) is 1. The smallest absolute Gasteiger partial charge is 0.224 e. The molecule has 0 aliphatic rings. The largest absolute Gasteiger partial charge is 0.349 e. The number of nitrogens with zero attached hydrogens (tertiary/aromatic N) is 2. The van der Waals surface area contributed by atoms with Crippen molar-refractivity contribution < 1.29 is 4.79 Å². The van der Waals surface area contributed by atoms with E-state index < -0.39 is 0 Å². The molecular formula is C22H25N3O. The molecule has 3 rings (SSSR count). The van der Waals surface area contributed by atoms with E-state index in [1.165, 1.54) is 0 Å². The van der Waals surface area contributed by atoms with Crippen LogP contribution in [-0.4, -0.2) is 15.7 Å². The number of hydrogen-bond acceptors (Lipinski definition) is 2. The summed E-state index contributed by atoms with van der Waals surface area (Å²) in [5.74, 6) is 0.556. The molecule has 4 heteroatoms. The van der Waals surface area contributed by atoms with E-state index >= 15 is 0 Å². The van der Waals surface area contributed by atoms with E-state index in [-0.39, 0.29) is 11.9 Å². The van der Waals surface area contributed by atoms with Gasteiger partial charge in [0.1, 0.15) is 0 Å². The quantitative estimate of drug-likeness (QED) is 0.692. The Balaban J connectivity index is 1.64. The summed E-state index contributed by atoms with van der Waals surface area (Å²) < 4.78 is 1.80. The van der Waals surface area contributed by atoms with Gasteiger partial charge in [0.05, 0.1) is 18.2 Å². The Hall–Kier alpha value is -2.88. The lowest BCUT2D eigenvalue weighted by Gasteiger charge is -2.21. The highest BCUT2D eigenvalue weighted by atomic mass is 16.1. The van der Waals surface area contributed by atoms with Crippen molar-refractivity contribution in [2.45, 2.75) is 32.7 Å². The summed E-state index contributed by atoms with van der Waals surface area (Å²) in [7, 11) is 0. The molecule has 26 heavy (non-hydrogen) atoms. The second kappa shape index (κ2) is 8.48. The van der Waals surface area contributed by atoms with Crippen LogP contribution in [-0.2, 0) is 11.2 Å². The zero-order valence-corrected chi connectivity index (χ0v) is 15.3.